The molecule has 0 unspecified atom stereocenters. The smallest absolute Gasteiger partial charge is 0.307 e. The van der Waals surface area contributed by atoms with E-state index in [1.165, 1.54) is 12.1 Å². The summed E-state index contributed by atoms with van der Waals surface area (Å²) in [6, 6.07) is 9.85. The fourth-order valence-corrected chi connectivity index (χ4v) is 2.47. The zero-order chi connectivity index (χ0) is 14.3. The van der Waals surface area contributed by atoms with Crippen molar-refractivity contribution in [2.24, 2.45) is 0 Å². The fraction of sp³-hybridized carbons (Fsp3) is 0.0667. The van der Waals surface area contributed by atoms with Crippen molar-refractivity contribution in [2.45, 2.75) is 6.42 Å². The zero-order valence-corrected chi connectivity index (χ0v) is 11.0. The number of rotatable bonds is 2. The minimum Gasteiger partial charge on any atom is -0.481 e. The van der Waals surface area contributed by atoms with E-state index in [9.17, 15) is 9.59 Å². The van der Waals surface area contributed by atoms with Crippen LogP contribution in [0.15, 0.2) is 45.6 Å². The van der Waals surface area contributed by atoms with Crippen LogP contribution in [0.4, 0.5) is 0 Å². The van der Waals surface area contributed by atoms with Gasteiger partial charge in [-0.2, -0.15) is 0 Å². The van der Waals surface area contributed by atoms with Gasteiger partial charge in [0.05, 0.1) is 17.2 Å². The molecule has 1 aromatic heterocycles. The molecule has 0 bridgehead atoms. The molecule has 0 amide bonds. The van der Waals surface area contributed by atoms with Crippen LogP contribution in [0.5, 0.6) is 0 Å². The number of carboxylic acids is 1. The predicted octanol–water partition coefficient (Wildman–Crippen LogP) is 3.23. The Labute approximate surface area is 118 Å². The second-order valence-corrected chi connectivity index (χ2v) is 4.88. The van der Waals surface area contributed by atoms with Crippen molar-refractivity contribution in [3.8, 4) is 0 Å². The lowest BCUT2D eigenvalue weighted by molar-refractivity contribution is -0.136. The van der Waals surface area contributed by atoms with Crippen LogP contribution in [0.2, 0.25) is 5.02 Å². The Morgan fingerprint density at radius 3 is 2.70 bits per heavy atom. The fourth-order valence-electron chi connectivity index (χ4n) is 2.23. The van der Waals surface area contributed by atoms with Crippen LogP contribution in [0, 0.1) is 0 Å². The van der Waals surface area contributed by atoms with Crippen molar-refractivity contribution in [2.75, 3.05) is 0 Å². The molecule has 3 aromatic rings. The first kappa shape index (κ1) is 12.7. The lowest BCUT2D eigenvalue weighted by atomic mass is 10.1. The molecule has 0 fully saturated rings. The lowest BCUT2D eigenvalue weighted by Gasteiger charge is -2.06. The Balaban J connectivity index is 2.47. The van der Waals surface area contributed by atoms with Crippen LogP contribution < -0.4 is 5.43 Å². The van der Waals surface area contributed by atoms with E-state index >= 15 is 0 Å². The summed E-state index contributed by atoms with van der Waals surface area (Å²) in [5.74, 6) is -1.01. The van der Waals surface area contributed by atoms with Gasteiger partial charge in [0.1, 0.15) is 11.2 Å². The highest BCUT2D eigenvalue weighted by Gasteiger charge is 2.14. The van der Waals surface area contributed by atoms with Crippen LogP contribution in [-0.2, 0) is 11.2 Å². The Hall–Kier alpha value is -2.33. The van der Waals surface area contributed by atoms with Crippen LogP contribution in [-0.4, -0.2) is 11.1 Å². The van der Waals surface area contributed by atoms with Crippen LogP contribution in [0.3, 0.4) is 0 Å². The molecule has 4 nitrogen and oxygen atoms in total. The molecule has 0 atom stereocenters. The molecule has 1 N–H and O–H groups in total. The molecule has 100 valence electrons. The number of carboxylic acid groups (broad SMARTS) is 1. The molecule has 0 saturated carbocycles. The van der Waals surface area contributed by atoms with E-state index in [0.29, 0.717) is 26.9 Å². The van der Waals surface area contributed by atoms with Gasteiger partial charge >= 0.3 is 5.97 Å². The van der Waals surface area contributed by atoms with E-state index in [2.05, 4.69) is 0 Å². The van der Waals surface area contributed by atoms with Gasteiger partial charge < -0.3 is 9.52 Å². The first-order valence-corrected chi connectivity index (χ1v) is 6.30. The standard InChI is InChI=1S/C15H9ClO4/c16-9-5-8(6-13(17)18)15-11(7-9)14(19)10-3-1-2-4-12(10)20-15/h1-5,7H,6H2,(H,17,18). The third-order valence-electron chi connectivity index (χ3n) is 3.06. The highest BCUT2D eigenvalue weighted by Crippen LogP contribution is 2.25. The summed E-state index contributed by atoms with van der Waals surface area (Å²) >= 11 is 5.96. The van der Waals surface area contributed by atoms with Crippen LogP contribution >= 0.6 is 11.6 Å². The number of hydrogen-bond acceptors (Lipinski definition) is 3. The molecule has 20 heavy (non-hydrogen) atoms. The van der Waals surface area contributed by atoms with Gasteiger partial charge in [-0.3, -0.25) is 9.59 Å². The summed E-state index contributed by atoms with van der Waals surface area (Å²) in [6.45, 7) is 0. The Bertz CT molecular complexity index is 895. The molecule has 2 aromatic carbocycles. The summed E-state index contributed by atoms with van der Waals surface area (Å²) in [4.78, 5) is 23.3. The SMILES string of the molecule is O=C(O)Cc1cc(Cl)cc2c(=O)c3ccccc3oc12. The number of hydrogen-bond donors (Lipinski definition) is 1. The first-order valence-electron chi connectivity index (χ1n) is 5.92. The van der Waals surface area contributed by atoms with Gasteiger partial charge in [0.15, 0.2) is 0 Å². The molecule has 0 aliphatic rings. The molecule has 0 aliphatic carbocycles. The van der Waals surface area contributed by atoms with Gasteiger partial charge in [-0.25, -0.2) is 0 Å². The van der Waals surface area contributed by atoms with Gasteiger partial charge in [0, 0.05) is 10.6 Å². The second-order valence-electron chi connectivity index (χ2n) is 4.44. The Kier molecular flexibility index (Phi) is 2.95. The number of carbonyl (C=O) groups is 1. The van der Waals surface area contributed by atoms with E-state index in [1.807, 2.05) is 0 Å². The molecule has 5 heteroatoms. The van der Waals surface area contributed by atoms with Gasteiger partial charge in [0.2, 0.25) is 5.43 Å². The van der Waals surface area contributed by atoms with E-state index in [-0.39, 0.29) is 17.4 Å². The van der Waals surface area contributed by atoms with Gasteiger partial charge in [0.25, 0.3) is 0 Å². The van der Waals surface area contributed by atoms with Crippen molar-refractivity contribution in [1.29, 1.82) is 0 Å². The number of halogens is 1. The normalized spacial score (nSPS) is 11.1. The van der Waals surface area contributed by atoms with Gasteiger partial charge in [-0.15, -0.1) is 0 Å². The van der Waals surface area contributed by atoms with E-state index < -0.39 is 5.97 Å². The Morgan fingerprint density at radius 2 is 1.95 bits per heavy atom. The molecule has 0 spiro atoms. The van der Waals surface area contributed by atoms with Gasteiger partial charge in [-0.1, -0.05) is 23.7 Å². The monoisotopic (exact) mass is 288 g/mol. The maximum atomic E-state index is 12.4. The highest BCUT2D eigenvalue weighted by molar-refractivity contribution is 6.31. The zero-order valence-electron chi connectivity index (χ0n) is 10.2. The van der Waals surface area contributed by atoms with Crippen molar-refractivity contribution >= 4 is 39.5 Å². The van der Waals surface area contributed by atoms with Crippen LogP contribution in [0.25, 0.3) is 21.9 Å². The van der Waals surface area contributed by atoms with Crippen molar-refractivity contribution in [3.05, 3.63) is 57.2 Å². The Morgan fingerprint density at radius 1 is 1.20 bits per heavy atom. The minimum absolute atomic E-state index is 0.212. The van der Waals surface area contributed by atoms with Gasteiger partial charge in [-0.05, 0) is 24.3 Å². The average Bonchev–Trinajstić information content (AvgIpc) is 2.40. The van der Waals surface area contributed by atoms with Crippen molar-refractivity contribution in [1.82, 2.24) is 0 Å². The minimum atomic E-state index is -1.01. The maximum Gasteiger partial charge on any atom is 0.307 e. The van der Waals surface area contributed by atoms with Crippen molar-refractivity contribution < 1.29 is 14.3 Å². The summed E-state index contributed by atoms with van der Waals surface area (Å²) in [7, 11) is 0. The molecule has 3 rings (SSSR count). The molecular formula is C15H9ClO4. The molecule has 0 saturated heterocycles. The third kappa shape index (κ3) is 2.04. The summed E-state index contributed by atoms with van der Waals surface area (Å²) < 4.78 is 5.69. The second kappa shape index (κ2) is 4.65. The number of benzene rings is 2. The topological polar surface area (TPSA) is 67.5 Å². The molecular weight excluding hydrogens is 280 g/mol. The number of aliphatic carboxylic acids is 1. The van der Waals surface area contributed by atoms with E-state index in [4.69, 9.17) is 21.1 Å². The largest absolute Gasteiger partial charge is 0.481 e. The summed E-state index contributed by atoms with van der Waals surface area (Å²) in [6.07, 6.45) is -0.252. The molecule has 1 heterocycles. The average molecular weight is 289 g/mol. The third-order valence-corrected chi connectivity index (χ3v) is 3.28. The quantitative estimate of drug-likeness (QED) is 0.735. The maximum absolute atomic E-state index is 12.4. The number of para-hydroxylation sites is 1. The van der Waals surface area contributed by atoms with E-state index in [1.54, 1.807) is 24.3 Å². The lowest BCUT2D eigenvalue weighted by Crippen LogP contribution is -2.06. The van der Waals surface area contributed by atoms with Crippen molar-refractivity contribution in [3.63, 3.8) is 0 Å². The summed E-state index contributed by atoms with van der Waals surface area (Å²) in [5, 5.41) is 10.00. The molecule has 0 aliphatic heterocycles. The number of fused-ring (bicyclic) bond motifs is 2. The molecule has 0 radical (unpaired) electrons. The van der Waals surface area contributed by atoms with Crippen LogP contribution in [0.1, 0.15) is 5.56 Å². The van der Waals surface area contributed by atoms with E-state index in [0.717, 1.165) is 0 Å². The predicted molar refractivity (Wildman–Crippen MR) is 76.3 cm³/mol. The highest BCUT2D eigenvalue weighted by atomic mass is 35.5. The first-order chi connectivity index (χ1) is 9.56. The summed E-state index contributed by atoms with van der Waals surface area (Å²) in [5.41, 5.74) is 0.887.